The number of hydrogen-bond donors (Lipinski definition) is 1. The molecule has 1 rings (SSSR count). The van der Waals surface area contributed by atoms with Gasteiger partial charge in [-0.05, 0) is 43.5 Å². The van der Waals surface area contributed by atoms with Crippen LogP contribution in [0.15, 0.2) is 12.1 Å². The molecule has 0 aliphatic rings. The van der Waals surface area contributed by atoms with Gasteiger partial charge in [-0.1, -0.05) is 11.6 Å². The molecule has 0 saturated carbocycles. The first kappa shape index (κ1) is 13.8. The molecular weight excluding hydrogens is 236 g/mol. The van der Waals surface area contributed by atoms with Gasteiger partial charge in [-0.2, -0.15) is 5.26 Å². The second-order valence-electron chi connectivity index (χ2n) is 3.97. The fourth-order valence-corrected chi connectivity index (χ4v) is 1.74. The molecule has 0 aliphatic carbocycles. The summed E-state index contributed by atoms with van der Waals surface area (Å²) in [6.07, 6.45) is 0.787. The first-order chi connectivity index (χ1) is 8.08. The van der Waals surface area contributed by atoms with E-state index in [9.17, 15) is 0 Å². The van der Waals surface area contributed by atoms with E-state index in [1.807, 2.05) is 26.0 Å². The first-order valence-corrected chi connectivity index (χ1v) is 5.92. The lowest BCUT2D eigenvalue weighted by molar-refractivity contribution is 0.408. The highest BCUT2D eigenvalue weighted by Crippen LogP contribution is 2.26. The van der Waals surface area contributed by atoms with Crippen LogP contribution in [0.25, 0.3) is 0 Å². The van der Waals surface area contributed by atoms with Crippen LogP contribution in [0.4, 0.5) is 0 Å². The average Bonchev–Trinajstić information content (AvgIpc) is 2.32. The Hall–Kier alpha value is -1.24. The van der Waals surface area contributed by atoms with E-state index in [1.54, 1.807) is 7.11 Å². The number of methoxy groups -OCH3 is 1. The van der Waals surface area contributed by atoms with Gasteiger partial charge in [0.2, 0.25) is 0 Å². The molecule has 1 aromatic carbocycles. The molecule has 0 aromatic heterocycles. The molecule has 0 aliphatic heterocycles. The van der Waals surface area contributed by atoms with E-state index in [0.29, 0.717) is 0 Å². The molecule has 17 heavy (non-hydrogen) atoms. The zero-order chi connectivity index (χ0) is 12.8. The van der Waals surface area contributed by atoms with Crippen molar-refractivity contribution < 1.29 is 4.74 Å². The Morgan fingerprint density at radius 2 is 2.24 bits per heavy atom. The van der Waals surface area contributed by atoms with Crippen LogP contribution in [0.5, 0.6) is 5.75 Å². The molecule has 0 heterocycles. The Bertz CT molecular complexity index is 426. The molecule has 1 unspecified atom stereocenters. The van der Waals surface area contributed by atoms with Crippen molar-refractivity contribution in [3.8, 4) is 11.8 Å². The van der Waals surface area contributed by atoms with Crippen molar-refractivity contribution in [2.75, 3.05) is 13.7 Å². The van der Waals surface area contributed by atoms with E-state index < -0.39 is 0 Å². The maximum absolute atomic E-state index is 8.65. The van der Waals surface area contributed by atoms with Gasteiger partial charge in [0.05, 0.1) is 19.2 Å². The Kier molecular flexibility index (Phi) is 5.27. The number of ether oxygens (including phenoxy) is 1. The van der Waals surface area contributed by atoms with Crippen LogP contribution in [0.1, 0.15) is 18.1 Å². The second-order valence-corrected chi connectivity index (χ2v) is 4.38. The van der Waals surface area contributed by atoms with E-state index in [0.717, 1.165) is 34.9 Å². The minimum atomic E-state index is -0.137. The third-order valence-corrected chi connectivity index (χ3v) is 3.01. The van der Waals surface area contributed by atoms with Crippen LogP contribution >= 0.6 is 11.6 Å². The van der Waals surface area contributed by atoms with Crippen LogP contribution in [-0.2, 0) is 6.42 Å². The highest BCUT2D eigenvalue weighted by molar-refractivity contribution is 6.31. The molecule has 0 spiro atoms. The molecule has 1 atom stereocenters. The van der Waals surface area contributed by atoms with Gasteiger partial charge in [0, 0.05) is 11.6 Å². The largest absolute Gasteiger partial charge is 0.496 e. The second kappa shape index (κ2) is 6.48. The Morgan fingerprint density at radius 1 is 1.53 bits per heavy atom. The lowest BCUT2D eigenvalue weighted by Gasteiger charge is -2.12. The molecular formula is C13H17ClN2O. The lowest BCUT2D eigenvalue weighted by Crippen LogP contribution is -2.26. The van der Waals surface area contributed by atoms with Crippen LogP contribution in [0.3, 0.4) is 0 Å². The minimum absolute atomic E-state index is 0.137. The van der Waals surface area contributed by atoms with Gasteiger partial charge in [-0.3, -0.25) is 0 Å². The van der Waals surface area contributed by atoms with Gasteiger partial charge >= 0.3 is 0 Å². The van der Waals surface area contributed by atoms with Crippen molar-refractivity contribution in [1.29, 1.82) is 5.26 Å². The number of nitrogens with one attached hydrogen (secondary N) is 1. The highest BCUT2D eigenvalue weighted by atomic mass is 35.5. The third-order valence-electron chi connectivity index (χ3n) is 2.60. The molecule has 1 N–H and O–H groups in total. The Morgan fingerprint density at radius 3 is 2.82 bits per heavy atom. The fourth-order valence-electron chi connectivity index (χ4n) is 1.55. The number of aryl methyl sites for hydroxylation is 1. The maximum atomic E-state index is 8.65. The zero-order valence-electron chi connectivity index (χ0n) is 10.4. The molecule has 0 amide bonds. The summed E-state index contributed by atoms with van der Waals surface area (Å²) in [6, 6.07) is 5.86. The van der Waals surface area contributed by atoms with Crippen molar-refractivity contribution in [1.82, 2.24) is 5.32 Å². The summed E-state index contributed by atoms with van der Waals surface area (Å²) in [7, 11) is 1.65. The summed E-state index contributed by atoms with van der Waals surface area (Å²) in [6.45, 7) is 4.51. The predicted molar refractivity (Wildman–Crippen MR) is 69.5 cm³/mol. The maximum Gasteiger partial charge on any atom is 0.122 e. The third kappa shape index (κ3) is 3.92. The van der Waals surface area contributed by atoms with E-state index >= 15 is 0 Å². The minimum Gasteiger partial charge on any atom is -0.496 e. The van der Waals surface area contributed by atoms with Gasteiger partial charge in [0.15, 0.2) is 0 Å². The number of hydrogen-bond acceptors (Lipinski definition) is 3. The standard InChI is InChI=1S/C13H17ClN2O/c1-9-6-13(17-3)11(7-12(9)14)4-5-16-10(2)8-15/h6-7,10,16H,4-5H2,1-3H3. The Balaban J connectivity index is 2.70. The van der Waals surface area contributed by atoms with Crippen LogP contribution < -0.4 is 10.1 Å². The van der Waals surface area contributed by atoms with Crippen LogP contribution in [0.2, 0.25) is 5.02 Å². The summed E-state index contributed by atoms with van der Waals surface area (Å²) >= 11 is 6.08. The van der Waals surface area contributed by atoms with Crippen molar-refractivity contribution in [3.05, 3.63) is 28.3 Å². The topological polar surface area (TPSA) is 45.0 Å². The van der Waals surface area contributed by atoms with Crippen molar-refractivity contribution >= 4 is 11.6 Å². The van der Waals surface area contributed by atoms with E-state index in [2.05, 4.69) is 11.4 Å². The Labute approximate surface area is 107 Å². The van der Waals surface area contributed by atoms with Crippen molar-refractivity contribution in [2.24, 2.45) is 0 Å². The van der Waals surface area contributed by atoms with Crippen molar-refractivity contribution in [2.45, 2.75) is 26.3 Å². The first-order valence-electron chi connectivity index (χ1n) is 5.54. The summed E-state index contributed by atoms with van der Waals surface area (Å²) < 4.78 is 5.31. The molecule has 0 saturated heterocycles. The quantitative estimate of drug-likeness (QED) is 0.876. The average molecular weight is 253 g/mol. The SMILES string of the molecule is COc1cc(C)c(Cl)cc1CCNC(C)C#N. The number of nitriles is 1. The van der Waals surface area contributed by atoms with Crippen molar-refractivity contribution in [3.63, 3.8) is 0 Å². The normalized spacial score (nSPS) is 11.9. The zero-order valence-corrected chi connectivity index (χ0v) is 11.1. The molecule has 1 aromatic rings. The van der Waals surface area contributed by atoms with Crippen LogP contribution in [0, 0.1) is 18.3 Å². The molecule has 0 bridgehead atoms. The molecule has 0 fully saturated rings. The van der Waals surface area contributed by atoms with Gasteiger partial charge in [0.25, 0.3) is 0 Å². The van der Waals surface area contributed by atoms with Gasteiger partial charge in [-0.25, -0.2) is 0 Å². The fraction of sp³-hybridized carbons (Fsp3) is 0.462. The summed E-state index contributed by atoms with van der Waals surface area (Å²) in [5.41, 5.74) is 2.06. The number of benzene rings is 1. The summed E-state index contributed by atoms with van der Waals surface area (Å²) in [4.78, 5) is 0. The number of nitrogens with zero attached hydrogens (tertiary/aromatic N) is 1. The highest BCUT2D eigenvalue weighted by Gasteiger charge is 2.07. The lowest BCUT2D eigenvalue weighted by atomic mass is 10.1. The van der Waals surface area contributed by atoms with E-state index in [1.165, 1.54) is 0 Å². The van der Waals surface area contributed by atoms with Gasteiger partial charge in [0.1, 0.15) is 5.75 Å². The number of rotatable bonds is 5. The van der Waals surface area contributed by atoms with Crippen LogP contribution in [-0.4, -0.2) is 19.7 Å². The number of halogens is 1. The monoisotopic (exact) mass is 252 g/mol. The molecule has 4 heteroatoms. The van der Waals surface area contributed by atoms with Gasteiger partial charge in [-0.15, -0.1) is 0 Å². The van der Waals surface area contributed by atoms with E-state index in [4.69, 9.17) is 21.6 Å². The molecule has 92 valence electrons. The van der Waals surface area contributed by atoms with E-state index in [-0.39, 0.29) is 6.04 Å². The summed E-state index contributed by atoms with van der Waals surface area (Å²) in [5, 5.41) is 12.5. The molecule has 0 radical (unpaired) electrons. The predicted octanol–water partition coefficient (Wildman–Crippen LogP) is 2.70. The smallest absolute Gasteiger partial charge is 0.122 e. The van der Waals surface area contributed by atoms with Gasteiger partial charge < -0.3 is 10.1 Å². The summed E-state index contributed by atoms with van der Waals surface area (Å²) in [5.74, 6) is 0.846. The molecule has 3 nitrogen and oxygen atoms in total.